The molecule has 1 aromatic carbocycles. The van der Waals surface area contributed by atoms with Gasteiger partial charge in [0.25, 0.3) is 5.91 Å². The summed E-state index contributed by atoms with van der Waals surface area (Å²) >= 11 is 0. The van der Waals surface area contributed by atoms with Crippen molar-refractivity contribution >= 4 is 5.91 Å². The van der Waals surface area contributed by atoms with Gasteiger partial charge in [0.2, 0.25) is 0 Å². The minimum atomic E-state index is 0.0744. The summed E-state index contributed by atoms with van der Waals surface area (Å²) in [5.74, 6) is 2.04. The summed E-state index contributed by atoms with van der Waals surface area (Å²) in [4.78, 5) is 12.3. The van der Waals surface area contributed by atoms with Crippen molar-refractivity contribution < 1.29 is 4.79 Å². The maximum Gasteiger partial charge on any atom is 0.251 e. The van der Waals surface area contributed by atoms with Gasteiger partial charge in [-0.2, -0.15) is 0 Å². The highest BCUT2D eigenvalue weighted by Crippen LogP contribution is 2.33. The van der Waals surface area contributed by atoms with Crippen LogP contribution < -0.4 is 5.32 Å². The molecule has 1 saturated carbocycles. The third-order valence-corrected chi connectivity index (χ3v) is 4.37. The normalized spacial score (nSPS) is 27.3. The van der Waals surface area contributed by atoms with Crippen molar-refractivity contribution in [3.63, 3.8) is 0 Å². The van der Waals surface area contributed by atoms with E-state index in [0.717, 1.165) is 17.9 Å². The number of hydrogen-bond acceptors (Lipinski definition) is 1. The van der Waals surface area contributed by atoms with Crippen molar-refractivity contribution in [2.45, 2.75) is 46.1 Å². The minimum absolute atomic E-state index is 0.0744. The first-order valence-corrected chi connectivity index (χ1v) is 7.44. The van der Waals surface area contributed by atoms with Gasteiger partial charge in [-0.25, -0.2) is 0 Å². The molecule has 1 fully saturated rings. The fourth-order valence-corrected chi connectivity index (χ4v) is 3.21. The van der Waals surface area contributed by atoms with Crippen LogP contribution in [0.4, 0.5) is 0 Å². The van der Waals surface area contributed by atoms with E-state index in [-0.39, 0.29) is 5.91 Å². The van der Waals surface area contributed by atoms with E-state index < -0.39 is 0 Å². The van der Waals surface area contributed by atoms with Crippen molar-refractivity contribution in [3.8, 4) is 0 Å². The molecule has 0 unspecified atom stereocenters. The summed E-state index contributed by atoms with van der Waals surface area (Å²) in [6, 6.07) is 9.86. The molecule has 2 nitrogen and oxygen atoms in total. The second-order valence-corrected chi connectivity index (χ2v) is 6.27. The maximum atomic E-state index is 12.3. The second-order valence-electron chi connectivity index (χ2n) is 6.27. The van der Waals surface area contributed by atoms with Gasteiger partial charge in [-0.15, -0.1) is 0 Å². The summed E-state index contributed by atoms with van der Waals surface area (Å²) in [5.41, 5.74) is 0.767. The van der Waals surface area contributed by atoms with Crippen LogP contribution >= 0.6 is 0 Å². The van der Waals surface area contributed by atoms with Gasteiger partial charge >= 0.3 is 0 Å². The SMILES string of the molecule is CC(C)[C@@H]1CC[C@@H](C)C[C@H]1NC(=O)c1ccccc1. The Hall–Kier alpha value is -1.31. The number of benzene rings is 1. The zero-order chi connectivity index (χ0) is 13.8. The van der Waals surface area contributed by atoms with Crippen LogP contribution in [0.1, 0.15) is 50.4 Å². The van der Waals surface area contributed by atoms with Gasteiger partial charge in [0.05, 0.1) is 0 Å². The highest BCUT2D eigenvalue weighted by atomic mass is 16.1. The Labute approximate surface area is 116 Å². The molecule has 104 valence electrons. The molecular formula is C17H25NO. The van der Waals surface area contributed by atoms with E-state index in [1.807, 2.05) is 30.3 Å². The molecule has 1 aliphatic rings. The van der Waals surface area contributed by atoms with Crippen molar-refractivity contribution in [1.29, 1.82) is 0 Å². The predicted molar refractivity (Wildman–Crippen MR) is 79.0 cm³/mol. The van der Waals surface area contributed by atoms with Crippen molar-refractivity contribution in [2.75, 3.05) is 0 Å². The Morgan fingerprint density at radius 1 is 1.21 bits per heavy atom. The molecule has 0 heterocycles. The summed E-state index contributed by atoms with van der Waals surface area (Å²) in [5, 5.41) is 3.26. The highest BCUT2D eigenvalue weighted by molar-refractivity contribution is 5.94. The molecule has 1 aromatic rings. The van der Waals surface area contributed by atoms with E-state index in [2.05, 4.69) is 26.1 Å². The van der Waals surface area contributed by atoms with Crippen LogP contribution in [-0.4, -0.2) is 11.9 Å². The average molecular weight is 259 g/mol. The lowest BCUT2D eigenvalue weighted by Gasteiger charge is -2.37. The zero-order valence-corrected chi connectivity index (χ0v) is 12.2. The molecule has 0 saturated heterocycles. The topological polar surface area (TPSA) is 29.1 Å². The van der Waals surface area contributed by atoms with Gasteiger partial charge in [0, 0.05) is 11.6 Å². The first-order valence-electron chi connectivity index (χ1n) is 7.44. The fraction of sp³-hybridized carbons (Fsp3) is 0.588. The fourth-order valence-electron chi connectivity index (χ4n) is 3.21. The zero-order valence-electron chi connectivity index (χ0n) is 12.2. The second kappa shape index (κ2) is 6.23. The van der Waals surface area contributed by atoms with Crippen LogP contribution in [0.25, 0.3) is 0 Å². The van der Waals surface area contributed by atoms with Crippen molar-refractivity contribution in [2.24, 2.45) is 17.8 Å². The molecule has 1 N–H and O–H groups in total. The number of hydrogen-bond donors (Lipinski definition) is 1. The lowest BCUT2D eigenvalue weighted by molar-refractivity contribution is 0.0868. The Morgan fingerprint density at radius 3 is 2.53 bits per heavy atom. The highest BCUT2D eigenvalue weighted by Gasteiger charge is 2.31. The summed E-state index contributed by atoms with van der Waals surface area (Å²) < 4.78 is 0. The number of nitrogens with one attached hydrogen (secondary N) is 1. The third-order valence-electron chi connectivity index (χ3n) is 4.37. The van der Waals surface area contributed by atoms with Crippen LogP contribution in [0.3, 0.4) is 0 Å². The molecule has 1 amide bonds. The van der Waals surface area contributed by atoms with Crippen LogP contribution in [0.5, 0.6) is 0 Å². The van der Waals surface area contributed by atoms with Crippen LogP contribution in [0.15, 0.2) is 30.3 Å². The number of carbonyl (C=O) groups is 1. The smallest absolute Gasteiger partial charge is 0.251 e. The Morgan fingerprint density at radius 2 is 1.89 bits per heavy atom. The van der Waals surface area contributed by atoms with E-state index in [1.54, 1.807) is 0 Å². The molecule has 2 heteroatoms. The van der Waals surface area contributed by atoms with Crippen molar-refractivity contribution in [1.82, 2.24) is 5.32 Å². The molecule has 0 aliphatic heterocycles. The summed E-state index contributed by atoms with van der Waals surface area (Å²) in [6.45, 7) is 6.82. The standard InChI is InChI=1S/C17H25NO/c1-12(2)15-10-9-13(3)11-16(15)18-17(19)14-7-5-4-6-8-14/h4-8,12-13,15-16H,9-11H2,1-3H3,(H,18,19)/t13-,15+,16-/m1/s1. The van der Waals surface area contributed by atoms with E-state index >= 15 is 0 Å². The van der Waals surface area contributed by atoms with E-state index in [0.29, 0.717) is 17.9 Å². The van der Waals surface area contributed by atoms with Crippen LogP contribution in [0, 0.1) is 17.8 Å². The van der Waals surface area contributed by atoms with Gasteiger partial charge in [-0.3, -0.25) is 4.79 Å². The lowest BCUT2D eigenvalue weighted by atomic mass is 9.74. The van der Waals surface area contributed by atoms with Gasteiger partial charge in [0.1, 0.15) is 0 Å². The molecule has 0 radical (unpaired) electrons. The molecule has 1 aliphatic carbocycles. The predicted octanol–water partition coefficient (Wildman–Crippen LogP) is 3.88. The Bertz CT molecular complexity index is 413. The van der Waals surface area contributed by atoms with Gasteiger partial charge < -0.3 is 5.32 Å². The quantitative estimate of drug-likeness (QED) is 0.877. The lowest BCUT2D eigenvalue weighted by Crippen LogP contribution is -2.45. The average Bonchev–Trinajstić information content (AvgIpc) is 2.39. The molecule has 0 bridgehead atoms. The van der Waals surface area contributed by atoms with Crippen LogP contribution in [-0.2, 0) is 0 Å². The Kier molecular flexibility index (Phi) is 4.62. The summed E-state index contributed by atoms with van der Waals surface area (Å²) in [6.07, 6.45) is 3.64. The van der Waals surface area contributed by atoms with E-state index in [1.165, 1.54) is 12.8 Å². The maximum absolute atomic E-state index is 12.3. The molecule has 2 rings (SSSR count). The first-order chi connectivity index (χ1) is 9.08. The molecule has 0 aromatic heterocycles. The monoisotopic (exact) mass is 259 g/mol. The van der Waals surface area contributed by atoms with E-state index in [9.17, 15) is 4.79 Å². The number of amides is 1. The molecule has 19 heavy (non-hydrogen) atoms. The van der Waals surface area contributed by atoms with E-state index in [4.69, 9.17) is 0 Å². The number of rotatable bonds is 3. The van der Waals surface area contributed by atoms with Gasteiger partial charge in [-0.05, 0) is 42.7 Å². The molecular weight excluding hydrogens is 234 g/mol. The van der Waals surface area contributed by atoms with Gasteiger partial charge in [0.15, 0.2) is 0 Å². The first kappa shape index (κ1) is 14.1. The minimum Gasteiger partial charge on any atom is -0.349 e. The third kappa shape index (κ3) is 3.59. The molecule has 3 atom stereocenters. The number of carbonyl (C=O) groups excluding carboxylic acids is 1. The Balaban J connectivity index is 2.04. The van der Waals surface area contributed by atoms with Crippen molar-refractivity contribution in [3.05, 3.63) is 35.9 Å². The largest absolute Gasteiger partial charge is 0.349 e. The van der Waals surface area contributed by atoms with Gasteiger partial charge in [-0.1, -0.05) is 45.4 Å². The summed E-state index contributed by atoms with van der Waals surface area (Å²) in [7, 11) is 0. The van der Waals surface area contributed by atoms with Crippen LogP contribution in [0.2, 0.25) is 0 Å². The molecule has 0 spiro atoms.